The molecule has 0 atom stereocenters. The summed E-state index contributed by atoms with van der Waals surface area (Å²) in [4.78, 5) is 49.2. The van der Waals surface area contributed by atoms with Gasteiger partial charge in [-0.05, 0) is 31.9 Å². The molecule has 1 fully saturated rings. The van der Waals surface area contributed by atoms with Crippen LogP contribution in [-0.2, 0) is 9.59 Å². The second-order valence-corrected chi connectivity index (χ2v) is 6.85. The van der Waals surface area contributed by atoms with Crippen molar-refractivity contribution in [1.29, 1.82) is 0 Å². The maximum absolute atomic E-state index is 12.4. The first-order chi connectivity index (χ1) is 11.8. The Kier molecular flexibility index (Phi) is 4.32. The normalized spacial score (nSPS) is 18.4. The van der Waals surface area contributed by atoms with Gasteiger partial charge in [0.15, 0.2) is 0 Å². The molecule has 1 aliphatic heterocycles. The van der Waals surface area contributed by atoms with Crippen LogP contribution in [0.3, 0.4) is 0 Å². The van der Waals surface area contributed by atoms with Gasteiger partial charge < -0.3 is 10.4 Å². The molecule has 1 aromatic carbocycles. The summed E-state index contributed by atoms with van der Waals surface area (Å²) < 4.78 is 0. The van der Waals surface area contributed by atoms with Crippen LogP contribution in [0.4, 0.5) is 0 Å². The Labute approximate surface area is 145 Å². The number of hydrogen-bond donors (Lipinski definition) is 2. The fraction of sp³-hybridized carbons (Fsp3) is 0.444. The fourth-order valence-corrected chi connectivity index (χ4v) is 3.71. The molecule has 1 heterocycles. The van der Waals surface area contributed by atoms with Gasteiger partial charge in [0.05, 0.1) is 23.1 Å². The standard InChI is InChI=1S/C18H20N2O5/c1-11-4-5-12-13(8-11)17(25)20(16(12)24)10-14(21)19-18(9-15(22)23)6-2-3-7-18/h4-5,8H,2-3,6-7,9-10H2,1H3,(H,19,21)(H,22,23). The first-order valence-electron chi connectivity index (χ1n) is 8.31. The van der Waals surface area contributed by atoms with Crippen molar-refractivity contribution in [3.8, 4) is 0 Å². The molecule has 7 nitrogen and oxygen atoms in total. The number of rotatable bonds is 5. The summed E-state index contributed by atoms with van der Waals surface area (Å²) in [6.07, 6.45) is 2.72. The highest BCUT2D eigenvalue weighted by Crippen LogP contribution is 2.33. The third-order valence-corrected chi connectivity index (χ3v) is 4.88. The quantitative estimate of drug-likeness (QED) is 0.788. The number of fused-ring (bicyclic) bond motifs is 1. The molecule has 0 unspecified atom stereocenters. The molecule has 7 heteroatoms. The van der Waals surface area contributed by atoms with E-state index in [1.165, 1.54) is 0 Å². The third-order valence-electron chi connectivity index (χ3n) is 4.88. The summed E-state index contributed by atoms with van der Waals surface area (Å²) >= 11 is 0. The number of nitrogens with zero attached hydrogens (tertiary/aromatic N) is 1. The van der Waals surface area contributed by atoms with Gasteiger partial charge in [-0.25, -0.2) is 0 Å². The zero-order chi connectivity index (χ0) is 18.2. The summed E-state index contributed by atoms with van der Waals surface area (Å²) in [6.45, 7) is 1.43. The molecule has 0 radical (unpaired) electrons. The van der Waals surface area contributed by atoms with Gasteiger partial charge in [0.1, 0.15) is 6.54 Å². The van der Waals surface area contributed by atoms with E-state index >= 15 is 0 Å². The molecule has 3 amide bonds. The number of carboxylic acids is 1. The van der Waals surface area contributed by atoms with Crippen LogP contribution in [0.15, 0.2) is 18.2 Å². The molecule has 1 saturated carbocycles. The molecule has 25 heavy (non-hydrogen) atoms. The van der Waals surface area contributed by atoms with Gasteiger partial charge in [0, 0.05) is 0 Å². The number of carboxylic acid groups (broad SMARTS) is 1. The summed E-state index contributed by atoms with van der Waals surface area (Å²) in [5.41, 5.74) is 0.680. The molecule has 1 aromatic rings. The molecule has 132 valence electrons. The monoisotopic (exact) mass is 344 g/mol. The first-order valence-corrected chi connectivity index (χ1v) is 8.31. The van der Waals surface area contributed by atoms with Crippen molar-refractivity contribution >= 4 is 23.7 Å². The largest absolute Gasteiger partial charge is 0.481 e. The van der Waals surface area contributed by atoms with E-state index in [1.807, 2.05) is 6.92 Å². The molecule has 1 aliphatic carbocycles. The highest BCUT2D eigenvalue weighted by Gasteiger charge is 2.40. The predicted octanol–water partition coefficient (Wildman–Crippen LogP) is 1.49. The Morgan fingerprint density at radius 2 is 1.80 bits per heavy atom. The molecule has 3 rings (SSSR count). The van der Waals surface area contributed by atoms with Crippen LogP contribution >= 0.6 is 0 Å². The zero-order valence-electron chi connectivity index (χ0n) is 14.0. The molecule has 0 spiro atoms. The van der Waals surface area contributed by atoms with E-state index in [0.29, 0.717) is 24.0 Å². The first kappa shape index (κ1) is 17.1. The Morgan fingerprint density at radius 1 is 1.16 bits per heavy atom. The van der Waals surface area contributed by atoms with Gasteiger partial charge in [-0.3, -0.25) is 24.1 Å². The maximum Gasteiger partial charge on any atom is 0.305 e. The molecular weight excluding hydrogens is 324 g/mol. The number of benzene rings is 1. The lowest BCUT2D eigenvalue weighted by atomic mass is 9.93. The molecule has 0 aromatic heterocycles. The smallest absolute Gasteiger partial charge is 0.305 e. The Hall–Kier alpha value is -2.70. The number of hydrogen-bond acceptors (Lipinski definition) is 4. The van der Waals surface area contributed by atoms with Crippen molar-refractivity contribution in [3.05, 3.63) is 34.9 Å². The summed E-state index contributed by atoms with van der Waals surface area (Å²) in [5.74, 6) is -2.46. The van der Waals surface area contributed by atoms with Crippen molar-refractivity contribution in [3.63, 3.8) is 0 Å². The SMILES string of the molecule is Cc1ccc2c(c1)C(=O)N(CC(=O)NC1(CC(=O)O)CCCC1)C2=O. The number of imide groups is 1. The number of aliphatic carboxylic acids is 1. The highest BCUT2D eigenvalue weighted by atomic mass is 16.4. The lowest BCUT2D eigenvalue weighted by molar-refractivity contribution is -0.139. The number of aryl methyl sites for hydroxylation is 1. The minimum atomic E-state index is -0.974. The van der Waals surface area contributed by atoms with Crippen LogP contribution in [0.25, 0.3) is 0 Å². The summed E-state index contributed by atoms with van der Waals surface area (Å²) in [5, 5.41) is 11.9. The Balaban J connectivity index is 1.72. The average molecular weight is 344 g/mol. The van der Waals surface area contributed by atoms with E-state index in [9.17, 15) is 19.2 Å². The van der Waals surface area contributed by atoms with Crippen molar-refractivity contribution in [2.24, 2.45) is 0 Å². The van der Waals surface area contributed by atoms with E-state index < -0.39 is 35.8 Å². The van der Waals surface area contributed by atoms with Crippen molar-refractivity contribution in [2.75, 3.05) is 6.54 Å². The van der Waals surface area contributed by atoms with E-state index in [0.717, 1.165) is 23.3 Å². The summed E-state index contributed by atoms with van der Waals surface area (Å²) in [6, 6.07) is 4.97. The topological polar surface area (TPSA) is 104 Å². The van der Waals surface area contributed by atoms with Crippen molar-refractivity contribution < 1.29 is 24.3 Å². The second-order valence-electron chi connectivity index (χ2n) is 6.85. The van der Waals surface area contributed by atoms with Crippen LogP contribution in [0.5, 0.6) is 0 Å². The molecular formula is C18H20N2O5. The fourth-order valence-electron chi connectivity index (χ4n) is 3.71. The predicted molar refractivity (Wildman–Crippen MR) is 88.1 cm³/mol. The third kappa shape index (κ3) is 3.26. The number of amides is 3. The maximum atomic E-state index is 12.4. The Morgan fingerprint density at radius 3 is 2.44 bits per heavy atom. The summed E-state index contributed by atoms with van der Waals surface area (Å²) in [7, 11) is 0. The van der Waals surface area contributed by atoms with Crippen LogP contribution in [-0.4, -0.2) is 45.8 Å². The van der Waals surface area contributed by atoms with Crippen molar-refractivity contribution in [1.82, 2.24) is 10.2 Å². The van der Waals surface area contributed by atoms with Gasteiger partial charge in [0.2, 0.25) is 5.91 Å². The van der Waals surface area contributed by atoms with E-state index in [4.69, 9.17) is 5.11 Å². The minimum absolute atomic E-state index is 0.153. The second kappa shape index (κ2) is 6.31. The van der Waals surface area contributed by atoms with Gasteiger partial charge >= 0.3 is 5.97 Å². The van der Waals surface area contributed by atoms with Crippen LogP contribution < -0.4 is 5.32 Å². The van der Waals surface area contributed by atoms with Gasteiger partial charge in [-0.1, -0.05) is 24.5 Å². The van der Waals surface area contributed by atoms with Crippen LogP contribution in [0.2, 0.25) is 0 Å². The van der Waals surface area contributed by atoms with E-state index in [2.05, 4.69) is 5.32 Å². The van der Waals surface area contributed by atoms with Gasteiger partial charge in [0.25, 0.3) is 11.8 Å². The van der Waals surface area contributed by atoms with Gasteiger partial charge in [-0.2, -0.15) is 0 Å². The van der Waals surface area contributed by atoms with E-state index in [-0.39, 0.29) is 6.42 Å². The average Bonchev–Trinajstić information content (AvgIpc) is 3.06. The number of carbonyl (C=O) groups is 4. The highest BCUT2D eigenvalue weighted by molar-refractivity contribution is 6.22. The lowest BCUT2D eigenvalue weighted by Crippen LogP contribution is -2.51. The zero-order valence-corrected chi connectivity index (χ0v) is 14.0. The molecule has 0 saturated heterocycles. The minimum Gasteiger partial charge on any atom is -0.481 e. The Bertz CT molecular complexity index is 765. The van der Waals surface area contributed by atoms with Gasteiger partial charge in [-0.15, -0.1) is 0 Å². The van der Waals surface area contributed by atoms with Crippen LogP contribution in [0, 0.1) is 6.92 Å². The lowest BCUT2D eigenvalue weighted by Gasteiger charge is -2.29. The molecule has 0 bridgehead atoms. The molecule has 2 aliphatic rings. The van der Waals surface area contributed by atoms with Crippen molar-refractivity contribution in [2.45, 2.75) is 44.6 Å². The molecule has 2 N–H and O–H groups in total. The number of carbonyl (C=O) groups excluding carboxylic acids is 3. The number of nitrogens with one attached hydrogen (secondary N) is 1. The van der Waals surface area contributed by atoms with Crippen LogP contribution in [0.1, 0.15) is 58.4 Å². The van der Waals surface area contributed by atoms with E-state index in [1.54, 1.807) is 18.2 Å².